The van der Waals surface area contributed by atoms with Crippen molar-refractivity contribution in [1.29, 1.82) is 0 Å². The molecule has 0 bridgehead atoms. The summed E-state index contributed by atoms with van der Waals surface area (Å²) in [6.07, 6.45) is 2.59. The Bertz CT molecular complexity index is 1860. The molecule has 1 aliphatic heterocycles. The van der Waals surface area contributed by atoms with Gasteiger partial charge in [0.1, 0.15) is 12.4 Å². The topological polar surface area (TPSA) is 129 Å². The molecule has 11 nitrogen and oxygen atoms in total. The SMILES string of the molecule is COCCOC(=O)Nc1ccc(-c2nc([C@@H]3CCc4cc(-c5cc(C)ccc5-n5cc(Cl)nn5)cc(=O)n43)[nH]c2C)cc1. The van der Waals surface area contributed by atoms with Crippen molar-refractivity contribution in [3.05, 3.63) is 99.1 Å². The molecular formula is C31H30ClN7O4. The maximum atomic E-state index is 13.6. The first-order valence-corrected chi connectivity index (χ1v) is 14.2. The lowest BCUT2D eigenvalue weighted by atomic mass is 10.0. The van der Waals surface area contributed by atoms with Crippen molar-refractivity contribution in [2.24, 2.45) is 0 Å². The van der Waals surface area contributed by atoms with Gasteiger partial charge in [0.15, 0.2) is 5.15 Å². The molecule has 0 aliphatic carbocycles. The summed E-state index contributed by atoms with van der Waals surface area (Å²) in [6.45, 7) is 4.48. The molecule has 1 aliphatic rings. The molecule has 12 heteroatoms. The molecule has 0 unspecified atom stereocenters. The van der Waals surface area contributed by atoms with Crippen molar-refractivity contribution < 1.29 is 14.3 Å². The van der Waals surface area contributed by atoms with Gasteiger partial charge in [-0.3, -0.25) is 10.1 Å². The smallest absolute Gasteiger partial charge is 0.411 e. The van der Waals surface area contributed by atoms with Gasteiger partial charge in [-0.2, -0.15) is 0 Å². The zero-order valence-electron chi connectivity index (χ0n) is 23.9. The molecule has 0 radical (unpaired) electrons. The normalized spacial score (nSPS) is 14.1. The van der Waals surface area contributed by atoms with E-state index in [0.717, 1.165) is 63.7 Å². The van der Waals surface area contributed by atoms with Gasteiger partial charge in [-0.25, -0.2) is 14.5 Å². The highest BCUT2D eigenvalue weighted by Crippen LogP contribution is 2.35. The van der Waals surface area contributed by atoms with E-state index >= 15 is 0 Å². The molecule has 1 amide bonds. The number of benzene rings is 2. The number of rotatable bonds is 8. The molecule has 0 saturated heterocycles. The zero-order chi connectivity index (χ0) is 30.1. The molecule has 2 aromatic carbocycles. The highest BCUT2D eigenvalue weighted by atomic mass is 35.5. The summed E-state index contributed by atoms with van der Waals surface area (Å²) in [6, 6.07) is 16.9. The minimum absolute atomic E-state index is 0.0949. The molecule has 6 rings (SSSR count). The summed E-state index contributed by atoms with van der Waals surface area (Å²) in [5, 5.41) is 11.0. The van der Waals surface area contributed by atoms with E-state index < -0.39 is 6.09 Å². The van der Waals surface area contributed by atoms with Gasteiger partial charge in [0, 0.05) is 41.4 Å². The van der Waals surface area contributed by atoms with Gasteiger partial charge in [-0.15, -0.1) is 5.10 Å². The second kappa shape index (κ2) is 11.9. The van der Waals surface area contributed by atoms with E-state index in [1.165, 1.54) is 0 Å². The molecule has 4 heterocycles. The average molecular weight is 600 g/mol. The Morgan fingerprint density at radius 3 is 2.65 bits per heavy atom. The van der Waals surface area contributed by atoms with Crippen LogP contribution in [0.3, 0.4) is 0 Å². The number of aromatic nitrogens is 6. The van der Waals surface area contributed by atoms with Crippen molar-refractivity contribution in [2.45, 2.75) is 32.7 Å². The third-order valence-electron chi connectivity index (χ3n) is 7.45. The Morgan fingerprint density at radius 2 is 1.91 bits per heavy atom. The molecule has 0 fully saturated rings. The third-order valence-corrected chi connectivity index (χ3v) is 7.63. The molecular weight excluding hydrogens is 570 g/mol. The van der Waals surface area contributed by atoms with Crippen molar-refractivity contribution in [3.8, 4) is 28.1 Å². The number of pyridine rings is 1. The molecule has 220 valence electrons. The standard InChI is InChI=1S/C31H30ClN7O4/c1-18-4-10-25(38-17-27(32)36-37-38)24(14-18)21-15-23-9-11-26(39(23)28(40)16-21)30-33-19(2)29(35-30)20-5-7-22(8-6-20)34-31(41)43-13-12-42-3/h4-8,10,14-17,26H,9,11-13H2,1-3H3,(H,33,35)(H,34,41)/t26-/m0/s1. The highest BCUT2D eigenvalue weighted by molar-refractivity contribution is 6.29. The van der Waals surface area contributed by atoms with Gasteiger partial charge >= 0.3 is 6.09 Å². The Balaban J connectivity index is 1.26. The first kappa shape index (κ1) is 28.4. The van der Waals surface area contributed by atoms with E-state index in [0.29, 0.717) is 17.4 Å². The Morgan fingerprint density at radius 1 is 1.09 bits per heavy atom. The fraction of sp³-hybridized carbons (Fsp3) is 0.258. The summed E-state index contributed by atoms with van der Waals surface area (Å²) in [7, 11) is 1.54. The van der Waals surface area contributed by atoms with E-state index in [4.69, 9.17) is 26.1 Å². The number of methoxy groups -OCH3 is 1. The number of imidazole rings is 1. The lowest BCUT2D eigenvalue weighted by Gasteiger charge is -2.15. The monoisotopic (exact) mass is 599 g/mol. The number of nitrogens with one attached hydrogen (secondary N) is 2. The second-order valence-electron chi connectivity index (χ2n) is 10.4. The van der Waals surface area contributed by atoms with Crippen molar-refractivity contribution in [2.75, 3.05) is 25.6 Å². The summed E-state index contributed by atoms with van der Waals surface area (Å²) in [4.78, 5) is 33.9. The van der Waals surface area contributed by atoms with E-state index in [1.54, 1.807) is 36.2 Å². The van der Waals surface area contributed by atoms with Gasteiger partial charge < -0.3 is 19.0 Å². The van der Waals surface area contributed by atoms with Crippen LogP contribution in [0.2, 0.25) is 5.15 Å². The lowest BCUT2D eigenvalue weighted by Crippen LogP contribution is -2.24. The van der Waals surface area contributed by atoms with Crippen LogP contribution in [-0.2, 0) is 15.9 Å². The average Bonchev–Trinajstić information content (AvgIpc) is 3.72. The number of ether oxygens (including phenoxy) is 2. The number of halogens is 1. The van der Waals surface area contributed by atoms with Crippen LogP contribution in [0.5, 0.6) is 0 Å². The molecule has 3 aromatic heterocycles. The number of hydrogen-bond acceptors (Lipinski definition) is 7. The minimum Gasteiger partial charge on any atom is -0.447 e. The number of carbonyl (C=O) groups excluding carboxylic acids is 1. The van der Waals surface area contributed by atoms with Crippen molar-refractivity contribution >= 4 is 23.4 Å². The fourth-order valence-corrected chi connectivity index (χ4v) is 5.58. The maximum absolute atomic E-state index is 13.6. The van der Waals surface area contributed by atoms with Gasteiger partial charge in [0.25, 0.3) is 5.56 Å². The number of H-pyrrole nitrogens is 1. The Hall–Kier alpha value is -4.74. The van der Waals surface area contributed by atoms with Crippen LogP contribution in [-0.4, -0.2) is 55.9 Å². The largest absolute Gasteiger partial charge is 0.447 e. The number of carbonyl (C=O) groups is 1. The zero-order valence-corrected chi connectivity index (χ0v) is 24.7. The molecule has 1 atom stereocenters. The van der Waals surface area contributed by atoms with Crippen LogP contribution in [0, 0.1) is 13.8 Å². The predicted octanol–water partition coefficient (Wildman–Crippen LogP) is 5.49. The summed E-state index contributed by atoms with van der Waals surface area (Å²) >= 11 is 6.03. The summed E-state index contributed by atoms with van der Waals surface area (Å²) in [5.74, 6) is 0.735. The number of amides is 1. The summed E-state index contributed by atoms with van der Waals surface area (Å²) < 4.78 is 13.4. The number of aryl methyl sites for hydroxylation is 3. The lowest BCUT2D eigenvalue weighted by molar-refractivity contribution is 0.107. The Labute approximate surface area is 252 Å². The molecule has 2 N–H and O–H groups in total. The van der Waals surface area contributed by atoms with E-state index in [1.807, 2.05) is 48.7 Å². The Kier molecular flexibility index (Phi) is 7.83. The van der Waals surface area contributed by atoms with Gasteiger partial charge in [0.2, 0.25) is 0 Å². The third kappa shape index (κ3) is 5.81. The van der Waals surface area contributed by atoms with Crippen LogP contribution in [0.1, 0.15) is 35.2 Å². The molecule has 0 saturated carbocycles. The van der Waals surface area contributed by atoms with Crippen LogP contribution in [0.4, 0.5) is 10.5 Å². The van der Waals surface area contributed by atoms with Crippen LogP contribution in [0.15, 0.2) is 65.6 Å². The van der Waals surface area contributed by atoms with Crippen LogP contribution in [0.25, 0.3) is 28.1 Å². The summed E-state index contributed by atoms with van der Waals surface area (Å²) in [5.41, 5.74) is 7.57. The number of anilines is 1. The number of hydrogen-bond donors (Lipinski definition) is 2. The van der Waals surface area contributed by atoms with Crippen LogP contribution < -0.4 is 10.9 Å². The van der Waals surface area contributed by atoms with Gasteiger partial charge in [-0.05, 0) is 62.6 Å². The predicted molar refractivity (Wildman–Crippen MR) is 163 cm³/mol. The van der Waals surface area contributed by atoms with E-state index in [9.17, 15) is 9.59 Å². The van der Waals surface area contributed by atoms with Crippen molar-refractivity contribution in [3.63, 3.8) is 0 Å². The quantitative estimate of drug-likeness (QED) is 0.226. The number of aromatic amines is 1. The second-order valence-corrected chi connectivity index (χ2v) is 10.8. The molecule has 43 heavy (non-hydrogen) atoms. The van der Waals surface area contributed by atoms with Gasteiger partial charge in [-0.1, -0.05) is 40.6 Å². The number of nitrogens with zero attached hydrogens (tertiary/aromatic N) is 5. The molecule has 5 aromatic rings. The van der Waals surface area contributed by atoms with Crippen LogP contribution >= 0.6 is 11.6 Å². The maximum Gasteiger partial charge on any atom is 0.411 e. The molecule has 0 spiro atoms. The highest BCUT2D eigenvalue weighted by Gasteiger charge is 2.29. The van der Waals surface area contributed by atoms with E-state index in [-0.39, 0.29) is 18.2 Å². The number of fused-ring (bicyclic) bond motifs is 1. The van der Waals surface area contributed by atoms with E-state index in [2.05, 4.69) is 26.7 Å². The minimum atomic E-state index is -0.544. The van der Waals surface area contributed by atoms with Crippen molar-refractivity contribution in [1.82, 2.24) is 29.5 Å². The first-order chi connectivity index (χ1) is 20.8. The fourth-order valence-electron chi connectivity index (χ4n) is 5.46. The van der Waals surface area contributed by atoms with Gasteiger partial charge in [0.05, 0.1) is 30.2 Å². The first-order valence-electron chi connectivity index (χ1n) is 13.8.